The quantitative estimate of drug-likeness (QED) is 0.938. The Bertz CT molecular complexity index is 769. The summed E-state index contributed by atoms with van der Waals surface area (Å²) in [6, 6.07) is 2.55. The number of rotatable bonds is 3. The van der Waals surface area contributed by atoms with Crippen LogP contribution in [0.25, 0.3) is 11.0 Å². The Morgan fingerprint density at radius 3 is 2.71 bits per heavy atom. The fourth-order valence-corrected chi connectivity index (χ4v) is 4.67. The second-order valence-electron chi connectivity index (χ2n) is 7.71. The molecule has 126 valence electrons. The summed E-state index contributed by atoms with van der Waals surface area (Å²) < 4.78 is 0. The number of amides is 1. The summed E-state index contributed by atoms with van der Waals surface area (Å²) in [7, 11) is 2.15. The van der Waals surface area contributed by atoms with Crippen molar-refractivity contribution in [2.24, 2.45) is 17.8 Å². The van der Waals surface area contributed by atoms with Gasteiger partial charge in [-0.15, -0.1) is 0 Å². The van der Waals surface area contributed by atoms with E-state index in [0.29, 0.717) is 29.7 Å². The van der Waals surface area contributed by atoms with Crippen LogP contribution in [0.4, 0.5) is 5.82 Å². The van der Waals surface area contributed by atoms with Gasteiger partial charge in [0.2, 0.25) is 5.91 Å². The molecule has 3 fully saturated rings. The van der Waals surface area contributed by atoms with E-state index in [4.69, 9.17) is 0 Å². The van der Waals surface area contributed by atoms with Crippen LogP contribution in [0, 0.1) is 17.8 Å². The van der Waals surface area contributed by atoms with Gasteiger partial charge in [0.15, 0.2) is 0 Å². The molecule has 1 N–H and O–H groups in total. The highest BCUT2D eigenvalue weighted by molar-refractivity contribution is 5.87. The summed E-state index contributed by atoms with van der Waals surface area (Å²) in [5.74, 6) is 3.09. The third kappa shape index (κ3) is 2.19. The minimum absolute atomic E-state index is 0.352. The highest BCUT2D eigenvalue weighted by Gasteiger charge is 2.46. The zero-order valence-corrected chi connectivity index (χ0v) is 14.0. The summed E-state index contributed by atoms with van der Waals surface area (Å²) >= 11 is 0. The Morgan fingerprint density at radius 2 is 2.00 bits per heavy atom. The van der Waals surface area contributed by atoms with E-state index in [9.17, 15) is 4.79 Å². The second kappa shape index (κ2) is 5.19. The van der Waals surface area contributed by atoms with Crippen molar-refractivity contribution >= 4 is 22.8 Å². The maximum Gasteiger partial charge on any atom is 0.225 e. The third-order valence-corrected chi connectivity index (χ3v) is 6.18. The molecule has 0 aromatic carbocycles. The summed E-state index contributed by atoms with van der Waals surface area (Å²) in [6.07, 6.45) is 8.09. The predicted octanol–water partition coefficient (Wildman–Crippen LogP) is 2.04. The van der Waals surface area contributed by atoms with Crippen LogP contribution >= 0.6 is 0 Å². The third-order valence-electron chi connectivity index (χ3n) is 6.18. The number of likely N-dealkylation sites (tertiary alicyclic amines) is 1. The number of carbonyl (C=O) groups excluding carboxylic acids is 1. The Kier molecular flexibility index (Phi) is 3.08. The van der Waals surface area contributed by atoms with E-state index in [1.165, 1.54) is 0 Å². The van der Waals surface area contributed by atoms with E-state index in [1.54, 1.807) is 6.33 Å². The molecule has 2 aliphatic carbocycles. The van der Waals surface area contributed by atoms with Gasteiger partial charge in [-0.25, -0.2) is 9.97 Å². The number of anilines is 1. The lowest BCUT2D eigenvalue weighted by atomic mass is 10.0. The maximum absolute atomic E-state index is 12.3. The van der Waals surface area contributed by atoms with E-state index in [0.717, 1.165) is 55.6 Å². The smallest absolute Gasteiger partial charge is 0.225 e. The Balaban J connectivity index is 1.30. The fraction of sp³-hybridized carbons (Fsp3) is 0.611. The SMILES string of the molecule is CN(c1ncnc2[nH]ccc12)C1CC2CN(C(=O)C3CC3)C[C@@H]2C1. The van der Waals surface area contributed by atoms with Gasteiger partial charge in [-0.05, 0) is 43.6 Å². The molecule has 0 radical (unpaired) electrons. The molecule has 1 aliphatic heterocycles. The van der Waals surface area contributed by atoms with E-state index in [2.05, 4.69) is 31.8 Å². The highest BCUT2D eigenvalue weighted by Crippen LogP contribution is 2.43. The molecule has 3 heterocycles. The van der Waals surface area contributed by atoms with Crippen LogP contribution in [0.2, 0.25) is 0 Å². The van der Waals surface area contributed by atoms with Gasteiger partial charge < -0.3 is 14.8 Å². The molecule has 6 nitrogen and oxygen atoms in total. The van der Waals surface area contributed by atoms with Crippen LogP contribution in [0.15, 0.2) is 18.6 Å². The molecule has 3 aliphatic rings. The van der Waals surface area contributed by atoms with Gasteiger partial charge in [0.1, 0.15) is 17.8 Å². The topological polar surface area (TPSA) is 65.1 Å². The molecule has 2 unspecified atom stereocenters. The molecule has 5 rings (SSSR count). The molecule has 3 atom stereocenters. The molecule has 1 saturated heterocycles. The predicted molar refractivity (Wildman–Crippen MR) is 91.6 cm³/mol. The largest absolute Gasteiger partial charge is 0.356 e. The van der Waals surface area contributed by atoms with Gasteiger partial charge in [0.05, 0.1) is 5.39 Å². The van der Waals surface area contributed by atoms with Crippen LogP contribution in [-0.2, 0) is 4.79 Å². The Morgan fingerprint density at radius 1 is 1.25 bits per heavy atom. The first kappa shape index (κ1) is 14.3. The number of aromatic nitrogens is 3. The zero-order valence-electron chi connectivity index (χ0n) is 14.0. The molecule has 0 bridgehead atoms. The van der Waals surface area contributed by atoms with Gasteiger partial charge in [-0.3, -0.25) is 4.79 Å². The van der Waals surface area contributed by atoms with Crippen LogP contribution in [0.1, 0.15) is 25.7 Å². The molecule has 2 saturated carbocycles. The minimum atomic E-state index is 0.352. The minimum Gasteiger partial charge on any atom is -0.356 e. The van der Waals surface area contributed by atoms with Crippen LogP contribution in [0.5, 0.6) is 0 Å². The second-order valence-corrected chi connectivity index (χ2v) is 7.71. The molecule has 2 aromatic heterocycles. The van der Waals surface area contributed by atoms with Crippen molar-refractivity contribution in [3.05, 3.63) is 18.6 Å². The first-order chi connectivity index (χ1) is 11.7. The van der Waals surface area contributed by atoms with Crippen molar-refractivity contribution in [3.63, 3.8) is 0 Å². The van der Waals surface area contributed by atoms with Gasteiger partial charge in [0, 0.05) is 38.3 Å². The average Bonchev–Trinajstić information content (AvgIpc) is 3.01. The maximum atomic E-state index is 12.3. The highest BCUT2D eigenvalue weighted by atomic mass is 16.2. The monoisotopic (exact) mass is 325 g/mol. The van der Waals surface area contributed by atoms with Crippen LogP contribution in [-0.4, -0.2) is 51.9 Å². The molecule has 1 amide bonds. The summed E-state index contributed by atoms with van der Waals surface area (Å²) in [6.45, 7) is 1.93. The lowest BCUT2D eigenvalue weighted by Gasteiger charge is -2.28. The Hall–Kier alpha value is -2.11. The van der Waals surface area contributed by atoms with Crippen molar-refractivity contribution in [2.45, 2.75) is 31.7 Å². The number of aromatic amines is 1. The summed E-state index contributed by atoms with van der Waals surface area (Å²) in [5, 5.41) is 1.09. The first-order valence-corrected chi connectivity index (χ1v) is 9.00. The lowest BCUT2D eigenvalue weighted by Crippen LogP contribution is -2.35. The van der Waals surface area contributed by atoms with Crippen molar-refractivity contribution in [1.82, 2.24) is 19.9 Å². The van der Waals surface area contributed by atoms with Crippen molar-refractivity contribution in [3.8, 4) is 0 Å². The molecular formula is C18H23N5O. The average molecular weight is 325 g/mol. The summed E-state index contributed by atoms with van der Waals surface area (Å²) in [5.41, 5.74) is 0.895. The zero-order chi connectivity index (χ0) is 16.3. The van der Waals surface area contributed by atoms with Gasteiger partial charge in [-0.1, -0.05) is 0 Å². The number of fused-ring (bicyclic) bond motifs is 2. The Labute approximate surface area is 141 Å². The fourth-order valence-electron chi connectivity index (χ4n) is 4.67. The van der Waals surface area contributed by atoms with Crippen molar-refractivity contribution < 1.29 is 4.79 Å². The number of hydrogen-bond donors (Lipinski definition) is 1. The number of hydrogen-bond acceptors (Lipinski definition) is 4. The molecule has 2 aromatic rings. The first-order valence-electron chi connectivity index (χ1n) is 9.00. The molecular weight excluding hydrogens is 302 g/mol. The standard InChI is InChI=1S/C18H23N5O/c1-22(17-15-4-5-19-16(15)20-10-21-17)14-6-12-8-23(9-13(12)7-14)18(24)11-2-3-11/h4-5,10-14H,2-3,6-9H2,1H3,(H,19,20,21)/t12-,13?,14?/m0/s1. The van der Waals surface area contributed by atoms with E-state index < -0.39 is 0 Å². The van der Waals surface area contributed by atoms with Gasteiger partial charge >= 0.3 is 0 Å². The lowest BCUT2D eigenvalue weighted by molar-refractivity contribution is -0.131. The number of carbonyl (C=O) groups is 1. The molecule has 24 heavy (non-hydrogen) atoms. The van der Waals surface area contributed by atoms with Crippen LogP contribution in [0.3, 0.4) is 0 Å². The molecule has 6 heteroatoms. The van der Waals surface area contributed by atoms with Crippen molar-refractivity contribution in [1.29, 1.82) is 0 Å². The van der Waals surface area contributed by atoms with E-state index in [1.807, 2.05) is 12.3 Å². The number of H-pyrrole nitrogens is 1. The van der Waals surface area contributed by atoms with Gasteiger partial charge in [0.25, 0.3) is 0 Å². The number of nitrogens with one attached hydrogen (secondary N) is 1. The van der Waals surface area contributed by atoms with Crippen molar-refractivity contribution in [2.75, 3.05) is 25.0 Å². The van der Waals surface area contributed by atoms with Gasteiger partial charge in [-0.2, -0.15) is 0 Å². The van der Waals surface area contributed by atoms with E-state index in [-0.39, 0.29) is 0 Å². The normalized spacial score (nSPS) is 29.2. The van der Waals surface area contributed by atoms with E-state index >= 15 is 0 Å². The number of nitrogens with zero attached hydrogens (tertiary/aromatic N) is 4. The van der Waals surface area contributed by atoms with Crippen LogP contribution < -0.4 is 4.90 Å². The molecule has 0 spiro atoms. The summed E-state index contributed by atoms with van der Waals surface area (Å²) in [4.78, 5) is 28.7.